The van der Waals surface area contributed by atoms with Gasteiger partial charge in [-0.25, -0.2) is 0 Å². The van der Waals surface area contributed by atoms with Crippen LogP contribution in [0.5, 0.6) is 0 Å². The summed E-state index contributed by atoms with van der Waals surface area (Å²) in [5, 5.41) is 4.04. The van der Waals surface area contributed by atoms with Crippen molar-refractivity contribution in [2.75, 3.05) is 11.4 Å². The number of carbonyl (C=O) groups is 2. The third-order valence-electron chi connectivity index (χ3n) is 6.09. The predicted molar refractivity (Wildman–Crippen MR) is 126 cm³/mol. The number of aryl methyl sites for hydroxylation is 1. The number of nitrogens with zero attached hydrogens (tertiary/aromatic N) is 1. The number of amides is 2. The molecule has 1 aliphatic heterocycles. The Kier molecular flexibility index (Phi) is 5.46. The summed E-state index contributed by atoms with van der Waals surface area (Å²) in [6, 6.07) is 24.7. The van der Waals surface area contributed by atoms with Gasteiger partial charge < -0.3 is 15.2 Å². The van der Waals surface area contributed by atoms with Crippen molar-refractivity contribution in [2.24, 2.45) is 0 Å². The fourth-order valence-corrected chi connectivity index (χ4v) is 4.51. The van der Waals surface area contributed by atoms with Crippen molar-refractivity contribution in [1.29, 1.82) is 0 Å². The lowest BCUT2D eigenvalue weighted by molar-refractivity contribution is -0.127. The highest BCUT2D eigenvalue weighted by molar-refractivity contribution is 6.01. The Morgan fingerprint density at radius 3 is 2.56 bits per heavy atom. The second kappa shape index (κ2) is 8.71. The van der Waals surface area contributed by atoms with Gasteiger partial charge in [0.05, 0.1) is 6.42 Å². The van der Waals surface area contributed by atoms with Crippen LogP contribution in [0.15, 0.2) is 85.1 Å². The van der Waals surface area contributed by atoms with E-state index in [9.17, 15) is 9.59 Å². The number of H-pyrrole nitrogens is 1. The van der Waals surface area contributed by atoms with Gasteiger partial charge in [0.25, 0.3) is 5.91 Å². The lowest BCUT2D eigenvalue weighted by Gasteiger charge is -2.32. The van der Waals surface area contributed by atoms with Gasteiger partial charge in [0.2, 0.25) is 5.91 Å². The molecule has 5 nitrogen and oxygen atoms in total. The molecular formula is C27H25N3O2. The van der Waals surface area contributed by atoms with E-state index in [1.807, 2.05) is 83.9 Å². The van der Waals surface area contributed by atoms with Crippen molar-refractivity contribution >= 4 is 28.4 Å². The van der Waals surface area contributed by atoms with Gasteiger partial charge in [-0.3, -0.25) is 9.59 Å². The number of hydrogen-bond acceptors (Lipinski definition) is 2. The molecule has 2 amide bonds. The highest BCUT2D eigenvalue weighted by Crippen LogP contribution is 2.29. The van der Waals surface area contributed by atoms with E-state index < -0.39 is 6.04 Å². The molecule has 0 aliphatic carbocycles. The molecule has 0 saturated carbocycles. The first kappa shape index (κ1) is 20.1. The topological polar surface area (TPSA) is 65.2 Å². The van der Waals surface area contributed by atoms with Crippen LogP contribution in [0.2, 0.25) is 0 Å². The monoisotopic (exact) mass is 423 g/mol. The zero-order valence-corrected chi connectivity index (χ0v) is 17.8. The smallest absolute Gasteiger partial charge is 0.254 e. The average Bonchev–Trinajstić information content (AvgIpc) is 3.25. The number of benzene rings is 3. The minimum atomic E-state index is -0.736. The van der Waals surface area contributed by atoms with Gasteiger partial charge in [0, 0.05) is 29.3 Å². The summed E-state index contributed by atoms with van der Waals surface area (Å²) in [5.41, 5.74) is 4.81. The molecule has 3 aromatic carbocycles. The van der Waals surface area contributed by atoms with Crippen molar-refractivity contribution in [3.8, 4) is 0 Å². The molecule has 2 heterocycles. The molecule has 0 bridgehead atoms. The van der Waals surface area contributed by atoms with E-state index in [4.69, 9.17) is 0 Å². The number of nitrogens with one attached hydrogen (secondary N) is 2. The van der Waals surface area contributed by atoms with Crippen molar-refractivity contribution in [1.82, 2.24) is 10.3 Å². The zero-order valence-electron chi connectivity index (χ0n) is 17.8. The van der Waals surface area contributed by atoms with Crippen LogP contribution in [0.4, 0.5) is 5.69 Å². The van der Waals surface area contributed by atoms with Crippen LogP contribution >= 0.6 is 0 Å². The fraction of sp³-hybridized carbons (Fsp3) is 0.185. The Labute approximate surface area is 187 Å². The normalized spacial score (nSPS) is 14.1. The molecule has 1 atom stereocenters. The van der Waals surface area contributed by atoms with Gasteiger partial charge in [0.1, 0.15) is 6.04 Å². The predicted octanol–water partition coefficient (Wildman–Crippen LogP) is 4.55. The molecule has 32 heavy (non-hydrogen) atoms. The number of hydrogen-bond donors (Lipinski definition) is 2. The zero-order chi connectivity index (χ0) is 21.9. The second-order valence-corrected chi connectivity index (χ2v) is 8.17. The van der Waals surface area contributed by atoms with Crippen LogP contribution in [0.3, 0.4) is 0 Å². The van der Waals surface area contributed by atoms with Crippen molar-refractivity contribution in [2.45, 2.75) is 25.3 Å². The maximum atomic E-state index is 13.7. The lowest BCUT2D eigenvalue weighted by Crippen LogP contribution is -2.45. The van der Waals surface area contributed by atoms with E-state index in [2.05, 4.69) is 16.4 Å². The average molecular weight is 424 g/mol. The largest absolute Gasteiger partial charge is 0.361 e. The number of aromatic nitrogens is 1. The minimum absolute atomic E-state index is 0.101. The van der Waals surface area contributed by atoms with Crippen LogP contribution in [0.25, 0.3) is 10.9 Å². The van der Waals surface area contributed by atoms with E-state index in [0.29, 0.717) is 6.54 Å². The number of rotatable bonds is 5. The van der Waals surface area contributed by atoms with Crippen LogP contribution in [0.1, 0.15) is 29.2 Å². The maximum Gasteiger partial charge on any atom is 0.254 e. The van der Waals surface area contributed by atoms with Gasteiger partial charge in [-0.2, -0.15) is 0 Å². The summed E-state index contributed by atoms with van der Waals surface area (Å²) < 4.78 is 0. The van der Waals surface area contributed by atoms with Crippen LogP contribution < -0.4 is 10.2 Å². The Hall–Kier alpha value is -3.86. The number of carbonyl (C=O) groups excluding carboxylic acids is 2. The van der Waals surface area contributed by atoms with Crippen molar-refractivity contribution < 1.29 is 9.59 Å². The van der Waals surface area contributed by atoms with Crippen molar-refractivity contribution in [3.63, 3.8) is 0 Å². The summed E-state index contributed by atoms with van der Waals surface area (Å²) in [7, 11) is 0. The first-order chi connectivity index (χ1) is 15.7. The van der Waals surface area contributed by atoms with Crippen molar-refractivity contribution in [3.05, 3.63) is 102 Å². The quantitative estimate of drug-likeness (QED) is 0.495. The Morgan fingerprint density at radius 1 is 0.938 bits per heavy atom. The SMILES string of the molecule is O=C(Cc1c[nH]c2ccccc12)N[C@@H](C(=O)N1CCCc2ccccc21)c1ccccc1. The van der Waals surface area contributed by atoms with E-state index >= 15 is 0 Å². The molecule has 2 N–H and O–H groups in total. The highest BCUT2D eigenvalue weighted by atomic mass is 16.2. The van der Waals surface area contributed by atoms with Crippen LogP contribution in [0, 0.1) is 0 Å². The second-order valence-electron chi connectivity index (χ2n) is 8.17. The third kappa shape index (κ3) is 3.89. The Bertz CT molecular complexity index is 1260. The minimum Gasteiger partial charge on any atom is -0.361 e. The highest BCUT2D eigenvalue weighted by Gasteiger charge is 2.31. The number of aromatic amines is 1. The first-order valence-corrected chi connectivity index (χ1v) is 11.0. The summed E-state index contributed by atoms with van der Waals surface area (Å²) in [6.45, 7) is 0.650. The molecule has 0 fully saturated rings. The first-order valence-electron chi connectivity index (χ1n) is 11.0. The molecule has 0 saturated heterocycles. The maximum absolute atomic E-state index is 13.7. The fourth-order valence-electron chi connectivity index (χ4n) is 4.51. The molecule has 0 radical (unpaired) electrons. The van der Waals surface area contributed by atoms with E-state index in [-0.39, 0.29) is 18.2 Å². The molecule has 0 spiro atoms. The van der Waals surface area contributed by atoms with Gasteiger partial charge in [-0.15, -0.1) is 0 Å². The van der Waals surface area contributed by atoms with Gasteiger partial charge in [-0.05, 0) is 41.7 Å². The molecule has 4 aromatic rings. The summed E-state index contributed by atoms with van der Waals surface area (Å²) in [5.74, 6) is -0.280. The number of anilines is 1. The van der Waals surface area contributed by atoms with E-state index in [0.717, 1.165) is 40.6 Å². The molecule has 5 rings (SSSR count). The van der Waals surface area contributed by atoms with Gasteiger partial charge in [0.15, 0.2) is 0 Å². The summed E-state index contributed by atoms with van der Waals surface area (Å²) >= 11 is 0. The summed E-state index contributed by atoms with van der Waals surface area (Å²) in [4.78, 5) is 31.8. The molecule has 160 valence electrons. The molecular weight excluding hydrogens is 398 g/mol. The van der Waals surface area contributed by atoms with E-state index in [1.165, 1.54) is 5.56 Å². The van der Waals surface area contributed by atoms with Crippen LogP contribution in [-0.2, 0) is 22.4 Å². The summed E-state index contributed by atoms with van der Waals surface area (Å²) in [6.07, 6.45) is 3.94. The number of fused-ring (bicyclic) bond motifs is 2. The third-order valence-corrected chi connectivity index (χ3v) is 6.09. The van der Waals surface area contributed by atoms with Crippen LogP contribution in [-0.4, -0.2) is 23.3 Å². The van der Waals surface area contributed by atoms with Gasteiger partial charge in [-0.1, -0.05) is 66.7 Å². The Morgan fingerprint density at radius 2 is 1.69 bits per heavy atom. The standard InChI is InChI=1S/C27H25N3O2/c31-25(17-21-18-28-23-14-6-5-13-22(21)23)29-26(20-10-2-1-3-11-20)27(32)30-16-8-12-19-9-4-7-15-24(19)30/h1-7,9-11,13-15,18,26,28H,8,12,16-17H2,(H,29,31)/t26-/m1/s1. The van der Waals surface area contributed by atoms with Gasteiger partial charge >= 0.3 is 0 Å². The Balaban J connectivity index is 1.42. The molecule has 0 unspecified atom stereocenters. The molecule has 5 heteroatoms. The molecule has 1 aliphatic rings. The number of para-hydroxylation sites is 2. The van der Waals surface area contributed by atoms with E-state index in [1.54, 1.807) is 0 Å². The molecule has 1 aromatic heterocycles. The lowest BCUT2D eigenvalue weighted by atomic mass is 9.99.